The Labute approximate surface area is 110 Å². The summed E-state index contributed by atoms with van der Waals surface area (Å²) < 4.78 is 0. The van der Waals surface area contributed by atoms with Gasteiger partial charge in [0.15, 0.2) is 0 Å². The molecule has 0 aromatic rings. The summed E-state index contributed by atoms with van der Waals surface area (Å²) in [5, 5.41) is 11.9. The molecule has 1 saturated carbocycles. The van der Waals surface area contributed by atoms with Crippen LogP contribution in [0.15, 0.2) is 12.2 Å². The van der Waals surface area contributed by atoms with Crippen molar-refractivity contribution in [2.24, 2.45) is 5.92 Å². The molecule has 1 rings (SSSR count). The highest BCUT2D eigenvalue weighted by molar-refractivity contribution is 5.79. The summed E-state index contributed by atoms with van der Waals surface area (Å²) in [6, 6.07) is 0. The fraction of sp³-hybridized carbons (Fsp3) is 0.786. The molecular weight excluding hydrogens is 228 g/mol. The number of nitrogens with zero attached hydrogens (tertiary/aromatic N) is 1. The summed E-state index contributed by atoms with van der Waals surface area (Å²) in [6.45, 7) is 3.87. The van der Waals surface area contributed by atoms with E-state index in [9.17, 15) is 4.79 Å². The largest absolute Gasteiger partial charge is 0.478 e. The number of carbonyl (C=O) groups is 1. The maximum Gasteiger partial charge on any atom is 0.328 e. The van der Waals surface area contributed by atoms with Gasteiger partial charge < -0.3 is 15.3 Å². The van der Waals surface area contributed by atoms with Crippen molar-refractivity contribution in [2.75, 3.05) is 27.2 Å². The molecule has 1 aliphatic carbocycles. The number of carboxylic acid groups (broad SMARTS) is 1. The van der Waals surface area contributed by atoms with E-state index in [0.29, 0.717) is 6.54 Å². The highest BCUT2D eigenvalue weighted by Crippen LogP contribution is 2.35. The molecule has 0 aromatic carbocycles. The van der Waals surface area contributed by atoms with Gasteiger partial charge in [-0.1, -0.05) is 25.8 Å². The van der Waals surface area contributed by atoms with E-state index in [0.717, 1.165) is 12.5 Å². The SMILES string of the molecule is CC1CCCC(CNC/C=C/C(=O)O)(N(C)C)C1. The Bertz CT molecular complexity index is 302. The quantitative estimate of drug-likeness (QED) is 0.560. The molecule has 0 heterocycles. The first kappa shape index (κ1) is 15.2. The van der Waals surface area contributed by atoms with Crippen LogP contribution in [0.2, 0.25) is 0 Å². The second-order valence-electron chi connectivity index (χ2n) is 5.69. The average Bonchev–Trinajstić information content (AvgIpc) is 2.28. The number of carboxylic acids is 1. The van der Waals surface area contributed by atoms with Crippen LogP contribution in [0.3, 0.4) is 0 Å². The molecule has 0 bridgehead atoms. The van der Waals surface area contributed by atoms with Gasteiger partial charge >= 0.3 is 5.97 Å². The number of hydrogen-bond donors (Lipinski definition) is 2. The van der Waals surface area contributed by atoms with Crippen molar-refractivity contribution < 1.29 is 9.90 Å². The van der Waals surface area contributed by atoms with Crippen LogP contribution in [-0.4, -0.2) is 48.7 Å². The molecule has 0 aromatic heterocycles. The summed E-state index contributed by atoms with van der Waals surface area (Å²) in [5.41, 5.74) is 0.231. The number of aliphatic carboxylic acids is 1. The molecule has 4 nitrogen and oxygen atoms in total. The lowest BCUT2D eigenvalue weighted by molar-refractivity contribution is -0.131. The number of nitrogens with one attached hydrogen (secondary N) is 1. The second-order valence-corrected chi connectivity index (χ2v) is 5.69. The van der Waals surface area contributed by atoms with Crippen LogP contribution in [-0.2, 0) is 4.79 Å². The molecule has 18 heavy (non-hydrogen) atoms. The molecule has 2 unspecified atom stereocenters. The van der Waals surface area contributed by atoms with Crippen LogP contribution in [0.1, 0.15) is 32.6 Å². The molecule has 0 aliphatic heterocycles. The fourth-order valence-electron chi connectivity index (χ4n) is 2.91. The normalized spacial score (nSPS) is 29.0. The minimum Gasteiger partial charge on any atom is -0.478 e. The monoisotopic (exact) mass is 254 g/mol. The third-order valence-electron chi connectivity index (χ3n) is 3.99. The highest BCUT2D eigenvalue weighted by Gasteiger charge is 2.36. The van der Waals surface area contributed by atoms with Gasteiger partial charge in [-0.15, -0.1) is 0 Å². The van der Waals surface area contributed by atoms with Crippen molar-refractivity contribution in [2.45, 2.75) is 38.1 Å². The van der Waals surface area contributed by atoms with Crippen molar-refractivity contribution in [3.63, 3.8) is 0 Å². The van der Waals surface area contributed by atoms with E-state index in [1.165, 1.54) is 31.8 Å². The number of likely N-dealkylation sites (N-methyl/N-ethyl adjacent to an activating group) is 1. The summed E-state index contributed by atoms with van der Waals surface area (Å²) in [4.78, 5) is 12.7. The third kappa shape index (κ3) is 4.42. The van der Waals surface area contributed by atoms with Gasteiger partial charge in [0.2, 0.25) is 0 Å². The van der Waals surface area contributed by atoms with E-state index < -0.39 is 5.97 Å². The molecule has 2 N–H and O–H groups in total. The van der Waals surface area contributed by atoms with Gasteiger partial charge in [-0.3, -0.25) is 0 Å². The van der Waals surface area contributed by atoms with Gasteiger partial charge in [-0.2, -0.15) is 0 Å². The van der Waals surface area contributed by atoms with Gasteiger partial charge in [0.05, 0.1) is 0 Å². The smallest absolute Gasteiger partial charge is 0.328 e. The molecule has 0 radical (unpaired) electrons. The predicted octanol–water partition coefficient (Wildman–Crippen LogP) is 1.73. The fourth-order valence-corrected chi connectivity index (χ4v) is 2.91. The van der Waals surface area contributed by atoms with Crippen molar-refractivity contribution in [3.05, 3.63) is 12.2 Å². The minimum atomic E-state index is -0.884. The molecule has 1 fully saturated rings. The molecule has 4 heteroatoms. The summed E-state index contributed by atoms with van der Waals surface area (Å²) in [5.74, 6) is -0.108. The summed E-state index contributed by atoms with van der Waals surface area (Å²) >= 11 is 0. The Balaban J connectivity index is 2.45. The van der Waals surface area contributed by atoms with Gasteiger partial charge in [-0.25, -0.2) is 4.79 Å². The lowest BCUT2D eigenvalue weighted by Crippen LogP contribution is -2.54. The van der Waals surface area contributed by atoms with Crippen LogP contribution in [0, 0.1) is 5.92 Å². The predicted molar refractivity (Wildman–Crippen MR) is 73.7 cm³/mol. The number of rotatable bonds is 6. The number of hydrogen-bond acceptors (Lipinski definition) is 3. The third-order valence-corrected chi connectivity index (χ3v) is 3.99. The van der Waals surface area contributed by atoms with Gasteiger partial charge in [0.25, 0.3) is 0 Å². The van der Waals surface area contributed by atoms with Crippen molar-refractivity contribution in [3.8, 4) is 0 Å². The summed E-state index contributed by atoms with van der Waals surface area (Å²) in [6.07, 6.45) is 7.91. The standard InChI is InChI=1S/C14H26N2O2/c1-12-6-4-8-14(10-12,16(2)3)11-15-9-5-7-13(17)18/h5,7,12,15H,4,6,8-11H2,1-3H3,(H,17,18)/b7-5+. The first-order valence-electron chi connectivity index (χ1n) is 6.74. The second kappa shape index (κ2) is 6.90. The zero-order valence-corrected chi connectivity index (χ0v) is 11.8. The first-order chi connectivity index (χ1) is 8.46. The molecule has 0 spiro atoms. The Morgan fingerprint density at radius 1 is 1.56 bits per heavy atom. The Morgan fingerprint density at radius 2 is 2.28 bits per heavy atom. The molecule has 2 atom stereocenters. The Hall–Kier alpha value is -0.870. The zero-order chi connectivity index (χ0) is 13.6. The van der Waals surface area contributed by atoms with E-state index in [4.69, 9.17) is 5.11 Å². The molecule has 1 aliphatic rings. The summed E-state index contributed by atoms with van der Waals surface area (Å²) in [7, 11) is 4.29. The highest BCUT2D eigenvalue weighted by atomic mass is 16.4. The van der Waals surface area contributed by atoms with Crippen molar-refractivity contribution >= 4 is 5.97 Å². The van der Waals surface area contributed by atoms with Crippen LogP contribution >= 0.6 is 0 Å². The first-order valence-corrected chi connectivity index (χ1v) is 6.74. The van der Waals surface area contributed by atoms with E-state index in [1.54, 1.807) is 6.08 Å². The van der Waals surface area contributed by atoms with Gasteiger partial charge in [0.1, 0.15) is 0 Å². The van der Waals surface area contributed by atoms with Crippen LogP contribution in [0.5, 0.6) is 0 Å². The molecule has 104 valence electrons. The average molecular weight is 254 g/mol. The van der Waals surface area contributed by atoms with Crippen molar-refractivity contribution in [1.82, 2.24) is 10.2 Å². The topological polar surface area (TPSA) is 52.6 Å². The van der Waals surface area contributed by atoms with Gasteiger partial charge in [0, 0.05) is 24.7 Å². The van der Waals surface area contributed by atoms with Crippen LogP contribution < -0.4 is 5.32 Å². The van der Waals surface area contributed by atoms with E-state index in [2.05, 4.69) is 31.2 Å². The van der Waals surface area contributed by atoms with E-state index in [-0.39, 0.29) is 5.54 Å². The Kier molecular flexibility index (Phi) is 5.82. The van der Waals surface area contributed by atoms with E-state index >= 15 is 0 Å². The van der Waals surface area contributed by atoms with Crippen LogP contribution in [0.4, 0.5) is 0 Å². The van der Waals surface area contributed by atoms with Crippen molar-refractivity contribution in [1.29, 1.82) is 0 Å². The maximum absolute atomic E-state index is 10.4. The molecule has 0 amide bonds. The van der Waals surface area contributed by atoms with Crippen LogP contribution in [0.25, 0.3) is 0 Å². The zero-order valence-electron chi connectivity index (χ0n) is 11.8. The lowest BCUT2D eigenvalue weighted by Gasteiger charge is -2.45. The Morgan fingerprint density at radius 3 is 2.83 bits per heavy atom. The van der Waals surface area contributed by atoms with E-state index in [1.807, 2.05) is 0 Å². The molecule has 0 saturated heterocycles. The van der Waals surface area contributed by atoms with Gasteiger partial charge in [-0.05, 0) is 32.9 Å². The maximum atomic E-state index is 10.4. The molecular formula is C14H26N2O2. The minimum absolute atomic E-state index is 0.231. The lowest BCUT2D eigenvalue weighted by atomic mass is 9.75.